The van der Waals surface area contributed by atoms with Crippen molar-refractivity contribution in [2.75, 3.05) is 6.61 Å². The average molecular weight is 356 g/mol. The zero-order valence-corrected chi connectivity index (χ0v) is 16.5. The first-order valence-corrected chi connectivity index (χ1v) is 11.7. The van der Waals surface area contributed by atoms with Crippen LogP contribution >= 0.6 is 11.6 Å². The molecule has 0 fully saturated rings. The summed E-state index contributed by atoms with van der Waals surface area (Å²) in [5.74, 6) is -1.14. The van der Waals surface area contributed by atoms with Gasteiger partial charge in [-0.25, -0.2) is 0 Å². The van der Waals surface area contributed by atoms with Crippen LogP contribution in [0.25, 0.3) is 0 Å². The highest BCUT2D eigenvalue weighted by Crippen LogP contribution is 2.45. The zero-order chi connectivity index (χ0) is 17.3. The molecule has 1 heterocycles. The molecular formula is C17H26ClNO3Si. The number of hydrogen-bond donors (Lipinski definition) is 0. The van der Waals surface area contributed by atoms with Crippen molar-refractivity contribution >= 4 is 25.6 Å². The number of nitrogens with zero attached hydrogens (tertiary/aromatic N) is 1. The lowest BCUT2D eigenvalue weighted by molar-refractivity contribution is -0.400. The Balaban J connectivity index is 2.35. The van der Waals surface area contributed by atoms with Gasteiger partial charge in [-0.2, -0.15) is 0 Å². The summed E-state index contributed by atoms with van der Waals surface area (Å²) in [4.78, 5) is 5.84. The van der Waals surface area contributed by atoms with Crippen molar-refractivity contribution in [1.82, 2.24) is 0 Å². The molecule has 0 amide bonds. The third kappa shape index (κ3) is 4.15. The van der Waals surface area contributed by atoms with E-state index in [0.29, 0.717) is 18.1 Å². The van der Waals surface area contributed by atoms with Gasteiger partial charge in [0.2, 0.25) is 0 Å². The van der Waals surface area contributed by atoms with Crippen LogP contribution in [0.4, 0.5) is 0 Å². The summed E-state index contributed by atoms with van der Waals surface area (Å²) in [6.45, 7) is 13.0. The fraction of sp³-hybridized carbons (Fsp3) is 0.588. The van der Waals surface area contributed by atoms with E-state index in [-0.39, 0.29) is 5.41 Å². The molecule has 0 bridgehead atoms. The SMILES string of the molecule is CCOC1(O[Si](C)(C)C)ON=C(c2ccc(Cl)cc2)CC1(C)C. The molecule has 1 aliphatic rings. The normalized spacial score (nSPS) is 24.0. The third-order valence-electron chi connectivity index (χ3n) is 3.67. The van der Waals surface area contributed by atoms with Crippen molar-refractivity contribution in [1.29, 1.82) is 0 Å². The van der Waals surface area contributed by atoms with Crippen LogP contribution in [-0.2, 0) is 14.0 Å². The van der Waals surface area contributed by atoms with Gasteiger partial charge in [0.1, 0.15) is 0 Å². The van der Waals surface area contributed by atoms with Crippen molar-refractivity contribution in [3.63, 3.8) is 0 Å². The van der Waals surface area contributed by atoms with Crippen LogP contribution < -0.4 is 0 Å². The van der Waals surface area contributed by atoms with Crippen LogP contribution in [0.2, 0.25) is 24.7 Å². The maximum absolute atomic E-state index is 6.29. The van der Waals surface area contributed by atoms with Gasteiger partial charge in [0.05, 0.1) is 17.7 Å². The molecule has 0 radical (unpaired) electrons. The minimum absolute atomic E-state index is 0.375. The molecular weight excluding hydrogens is 330 g/mol. The van der Waals surface area contributed by atoms with Gasteiger partial charge in [0.15, 0.2) is 8.32 Å². The molecule has 0 saturated heterocycles. The third-order valence-corrected chi connectivity index (χ3v) is 4.80. The average Bonchev–Trinajstić information content (AvgIpc) is 2.41. The van der Waals surface area contributed by atoms with E-state index in [1.807, 2.05) is 31.2 Å². The number of oxime groups is 1. The van der Waals surface area contributed by atoms with E-state index in [2.05, 4.69) is 38.6 Å². The van der Waals surface area contributed by atoms with Crippen LogP contribution in [0.3, 0.4) is 0 Å². The van der Waals surface area contributed by atoms with E-state index in [4.69, 9.17) is 25.6 Å². The summed E-state index contributed by atoms with van der Waals surface area (Å²) >= 11 is 5.96. The molecule has 4 nitrogen and oxygen atoms in total. The minimum Gasteiger partial charge on any atom is -0.358 e. The monoisotopic (exact) mass is 355 g/mol. The van der Waals surface area contributed by atoms with E-state index >= 15 is 0 Å². The zero-order valence-electron chi connectivity index (χ0n) is 14.8. The molecule has 1 aromatic rings. The van der Waals surface area contributed by atoms with Gasteiger partial charge >= 0.3 is 5.97 Å². The first-order valence-electron chi connectivity index (χ1n) is 7.94. The minimum atomic E-state index is -1.89. The molecule has 128 valence electrons. The van der Waals surface area contributed by atoms with Crippen molar-refractivity contribution in [2.24, 2.45) is 10.6 Å². The van der Waals surface area contributed by atoms with E-state index in [1.165, 1.54) is 0 Å². The van der Waals surface area contributed by atoms with Crippen molar-refractivity contribution in [3.05, 3.63) is 34.9 Å². The Labute approximate surface area is 144 Å². The Morgan fingerprint density at radius 2 is 1.83 bits per heavy atom. The molecule has 1 atom stereocenters. The number of hydrogen-bond acceptors (Lipinski definition) is 4. The van der Waals surface area contributed by atoms with Gasteiger partial charge in [-0.05, 0) is 44.3 Å². The summed E-state index contributed by atoms with van der Waals surface area (Å²) in [6, 6.07) is 7.62. The topological polar surface area (TPSA) is 40.0 Å². The summed E-state index contributed by atoms with van der Waals surface area (Å²) in [5, 5.41) is 5.03. The molecule has 23 heavy (non-hydrogen) atoms. The first kappa shape index (κ1) is 18.5. The van der Waals surface area contributed by atoms with Gasteiger partial charge < -0.3 is 14.0 Å². The Morgan fingerprint density at radius 3 is 2.30 bits per heavy atom. The quantitative estimate of drug-likeness (QED) is 0.549. The van der Waals surface area contributed by atoms with Crippen molar-refractivity contribution in [2.45, 2.75) is 52.8 Å². The fourth-order valence-electron chi connectivity index (χ4n) is 2.60. The summed E-state index contributed by atoms with van der Waals surface area (Å²) in [6.07, 6.45) is 0.694. The second-order valence-electron chi connectivity index (χ2n) is 7.40. The van der Waals surface area contributed by atoms with E-state index < -0.39 is 14.3 Å². The van der Waals surface area contributed by atoms with Gasteiger partial charge in [-0.3, -0.25) is 0 Å². The number of benzene rings is 1. The molecule has 0 saturated carbocycles. The van der Waals surface area contributed by atoms with Gasteiger partial charge in [-0.1, -0.05) is 42.7 Å². The Hall–Kier alpha value is -0.883. The Kier molecular flexibility index (Phi) is 5.26. The number of rotatable bonds is 5. The van der Waals surface area contributed by atoms with Crippen LogP contribution in [0.15, 0.2) is 29.4 Å². The van der Waals surface area contributed by atoms with E-state index in [0.717, 1.165) is 11.3 Å². The molecule has 6 heteroatoms. The maximum atomic E-state index is 6.29. The maximum Gasteiger partial charge on any atom is 0.346 e. The van der Waals surface area contributed by atoms with Crippen molar-refractivity contribution < 1.29 is 14.0 Å². The predicted molar refractivity (Wildman–Crippen MR) is 96.3 cm³/mol. The lowest BCUT2D eigenvalue weighted by Gasteiger charge is -2.47. The second kappa shape index (κ2) is 6.55. The van der Waals surface area contributed by atoms with E-state index in [1.54, 1.807) is 0 Å². The van der Waals surface area contributed by atoms with Gasteiger partial charge in [0, 0.05) is 11.4 Å². The molecule has 0 aliphatic carbocycles. The molecule has 1 unspecified atom stereocenters. The number of halogens is 1. The molecule has 1 aromatic carbocycles. The molecule has 2 rings (SSSR count). The largest absolute Gasteiger partial charge is 0.358 e. The molecule has 0 N–H and O–H groups in total. The van der Waals surface area contributed by atoms with E-state index in [9.17, 15) is 0 Å². The van der Waals surface area contributed by atoms with Crippen LogP contribution in [0.5, 0.6) is 0 Å². The Morgan fingerprint density at radius 1 is 1.22 bits per heavy atom. The summed E-state index contributed by atoms with van der Waals surface area (Å²) < 4.78 is 12.2. The molecule has 0 spiro atoms. The van der Waals surface area contributed by atoms with Gasteiger partial charge in [-0.15, -0.1) is 0 Å². The van der Waals surface area contributed by atoms with Crippen molar-refractivity contribution in [3.8, 4) is 0 Å². The standard InChI is InChI=1S/C17H26ClNO3Si/c1-7-20-17(22-23(4,5)6)16(2,3)12-15(19-21-17)13-8-10-14(18)11-9-13/h8-11H,7,12H2,1-6H3. The lowest BCUT2D eigenvalue weighted by atomic mass is 9.81. The fourth-order valence-corrected chi connectivity index (χ4v) is 3.90. The summed E-state index contributed by atoms with van der Waals surface area (Å²) in [5.41, 5.74) is 1.50. The predicted octanol–water partition coefficient (Wildman–Crippen LogP) is 5.03. The number of ether oxygens (including phenoxy) is 1. The first-order chi connectivity index (χ1) is 10.6. The molecule has 0 aromatic heterocycles. The highest BCUT2D eigenvalue weighted by molar-refractivity contribution is 6.69. The lowest BCUT2D eigenvalue weighted by Crippen LogP contribution is -2.58. The van der Waals surface area contributed by atoms with Crippen LogP contribution in [0, 0.1) is 5.41 Å². The van der Waals surface area contributed by atoms with Crippen LogP contribution in [-0.4, -0.2) is 26.6 Å². The Bertz CT molecular complexity index is 580. The summed E-state index contributed by atoms with van der Waals surface area (Å²) in [7, 11) is -1.89. The van der Waals surface area contributed by atoms with Gasteiger partial charge in [0.25, 0.3) is 0 Å². The van der Waals surface area contributed by atoms with Crippen LogP contribution in [0.1, 0.15) is 32.8 Å². The molecule has 1 aliphatic heterocycles. The smallest absolute Gasteiger partial charge is 0.346 e. The second-order valence-corrected chi connectivity index (χ2v) is 12.3. The highest BCUT2D eigenvalue weighted by atomic mass is 35.5. The highest BCUT2D eigenvalue weighted by Gasteiger charge is 2.55.